The standard InChI is InChI=1S/C11H12BrFO2/c1-15-6-2-3-11(14)9-5-4-8(12)7-10(9)13/h4-5,7H,2-3,6H2,1H3. The molecule has 4 heteroatoms. The van der Waals surface area contributed by atoms with Crippen LogP contribution in [0.4, 0.5) is 4.39 Å². The summed E-state index contributed by atoms with van der Waals surface area (Å²) < 4.78 is 18.8. The first-order valence-corrected chi connectivity index (χ1v) is 5.41. The van der Waals surface area contributed by atoms with Crippen molar-refractivity contribution in [3.05, 3.63) is 34.1 Å². The van der Waals surface area contributed by atoms with Crippen LogP contribution in [0.2, 0.25) is 0 Å². The molecular formula is C11H12BrFO2. The molecule has 0 aliphatic rings. The Hall–Kier alpha value is -0.740. The van der Waals surface area contributed by atoms with Gasteiger partial charge in [0.25, 0.3) is 0 Å². The molecule has 15 heavy (non-hydrogen) atoms. The number of benzene rings is 1. The first-order chi connectivity index (χ1) is 7.15. The third-order valence-corrected chi connectivity index (χ3v) is 2.48. The molecule has 0 N–H and O–H groups in total. The van der Waals surface area contributed by atoms with E-state index in [1.165, 1.54) is 12.1 Å². The van der Waals surface area contributed by atoms with Crippen molar-refractivity contribution in [3.63, 3.8) is 0 Å². The number of methoxy groups -OCH3 is 1. The normalized spacial score (nSPS) is 10.3. The van der Waals surface area contributed by atoms with E-state index in [4.69, 9.17) is 4.74 Å². The number of carbonyl (C=O) groups excluding carboxylic acids is 1. The summed E-state index contributed by atoms with van der Waals surface area (Å²) in [5, 5.41) is 0. The maximum absolute atomic E-state index is 13.3. The van der Waals surface area contributed by atoms with Crippen LogP contribution in [0.15, 0.2) is 22.7 Å². The predicted molar refractivity (Wildman–Crippen MR) is 59.5 cm³/mol. The predicted octanol–water partition coefficient (Wildman–Crippen LogP) is 3.20. The lowest BCUT2D eigenvalue weighted by Gasteiger charge is -2.02. The number of rotatable bonds is 5. The van der Waals surface area contributed by atoms with Crippen LogP contribution in [0.1, 0.15) is 23.2 Å². The van der Waals surface area contributed by atoms with Gasteiger partial charge in [0.05, 0.1) is 5.56 Å². The van der Waals surface area contributed by atoms with Gasteiger partial charge in [-0.3, -0.25) is 4.79 Å². The summed E-state index contributed by atoms with van der Waals surface area (Å²) in [6.45, 7) is 0.518. The zero-order valence-corrected chi connectivity index (χ0v) is 10.0. The largest absolute Gasteiger partial charge is 0.385 e. The van der Waals surface area contributed by atoms with Crippen molar-refractivity contribution < 1.29 is 13.9 Å². The van der Waals surface area contributed by atoms with Crippen LogP contribution in [-0.2, 0) is 4.74 Å². The number of hydrogen-bond donors (Lipinski definition) is 0. The smallest absolute Gasteiger partial charge is 0.165 e. The van der Waals surface area contributed by atoms with Crippen molar-refractivity contribution >= 4 is 21.7 Å². The molecule has 0 bridgehead atoms. The first kappa shape index (κ1) is 12.3. The summed E-state index contributed by atoms with van der Waals surface area (Å²) in [6.07, 6.45) is 0.928. The van der Waals surface area contributed by atoms with Crippen LogP contribution in [0.5, 0.6) is 0 Å². The van der Waals surface area contributed by atoms with E-state index < -0.39 is 5.82 Å². The highest BCUT2D eigenvalue weighted by molar-refractivity contribution is 9.10. The lowest BCUT2D eigenvalue weighted by atomic mass is 10.1. The van der Waals surface area contributed by atoms with E-state index in [1.54, 1.807) is 13.2 Å². The van der Waals surface area contributed by atoms with Gasteiger partial charge in [-0.15, -0.1) is 0 Å². The number of halogens is 2. The van der Waals surface area contributed by atoms with Gasteiger partial charge < -0.3 is 4.74 Å². The number of Topliss-reactive ketones (excluding diaryl/α,β-unsaturated/α-hetero) is 1. The molecule has 0 aliphatic heterocycles. The highest BCUT2D eigenvalue weighted by Crippen LogP contribution is 2.17. The van der Waals surface area contributed by atoms with Crippen molar-refractivity contribution in [2.45, 2.75) is 12.8 Å². The number of ether oxygens (including phenoxy) is 1. The lowest BCUT2D eigenvalue weighted by molar-refractivity contribution is 0.0959. The molecule has 1 aromatic rings. The summed E-state index contributed by atoms with van der Waals surface area (Å²) in [6, 6.07) is 4.45. The van der Waals surface area contributed by atoms with Crippen LogP contribution < -0.4 is 0 Å². The van der Waals surface area contributed by atoms with Crippen molar-refractivity contribution in [1.82, 2.24) is 0 Å². The van der Waals surface area contributed by atoms with Crippen molar-refractivity contribution in [2.75, 3.05) is 13.7 Å². The summed E-state index contributed by atoms with van der Waals surface area (Å²) in [5.41, 5.74) is 0.148. The summed E-state index contributed by atoms with van der Waals surface area (Å²) in [4.78, 5) is 11.5. The molecule has 0 radical (unpaired) electrons. The van der Waals surface area contributed by atoms with E-state index in [-0.39, 0.29) is 11.3 Å². The quantitative estimate of drug-likeness (QED) is 0.609. The minimum absolute atomic E-state index is 0.148. The number of hydrogen-bond acceptors (Lipinski definition) is 2. The Kier molecular flexibility index (Phi) is 4.91. The van der Waals surface area contributed by atoms with Gasteiger partial charge in [0.15, 0.2) is 5.78 Å². The first-order valence-electron chi connectivity index (χ1n) is 4.62. The fourth-order valence-electron chi connectivity index (χ4n) is 1.23. The molecule has 1 aromatic carbocycles. The molecule has 0 aliphatic carbocycles. The molecule has 0 aromatic heterocycles. The van der Waals surface area contributed by atoms with Crippen LogP contribution in [0, 0.1) is 5.82 Å². The average molecular weight is 275 g/mol. The minimum Gasteiger partial charge on any atom is -0.385 e. The number of ketones is 1. The van der Waals surface area contributed by atoms with Gasteiger partial charge in [-0.05, 0) is 24.6 Å². The number of carbonyl (C=O) groups is 1. The van der Waals surface area contributed by atoms with Crippen molar-refractivity contribution in [3.8, 4) is 0 Å². The van der Waals surface area contributed by atoms with E-state index in [0.29, 0.717) is 23.9 Å². The Morgan fingerprint density at radius 2 is 2.27 bits per heavy atom. The topological polar surface area (TPSA) is 26.3 Å². The molecule has 0 saturated carbocycles. The Bertz CT molecular complexity index is 352. The Balaban J connectivity index is 2.65. The molecule has 0 saturated heterocycles. The van der Waals surface area contributed by atoms with Gasteiger partial charge in [-0.1, -0.05) is 15.9 Å². The van der Waals surface area contributed by atoms with Gasteiger partial charge in [-0.25, -0.2) is 4.39 Å². The van der Waals surface area contributed by atoms with Crippen LogP contribution in [-0.4, -0.2) is 19.5 Å². The highest BCUT2D eigenvalue weighted by Gasteiger charge is 2.11. The van der Waals surface area contributed by atoms with E-state index in [0.717, 1.165) is 0 Å². The van der Waals surface area contributed by atoms with Crippen LogP contribution in [0.3, 0.4) is 0 Å². The lowest BCUT2D eigenvalue weighted by Crippen LogP contribution is -2.03. The van der Waals surface area contributed by atoms with E-state index in [1.807, 2.05) is 0 Å². The van der Waals surface area contributed by atoms with E-state index >= 15 is 0 Å². The molecule has 2 nitrogen and oxygen atoms in total. The van der Waals surface area contributed by atoms with Crippen molar-refractivity contribution in [1.29, 1.82) is 0 Å². The second kappa shape index (κ2) is 5.98. The summed E-state index contributed by atoms with van der Waals surface area (Å²) >= 11 is 3.14. The Morgan fingerprint density at radius 1 is 1.53 bits per heavy atom. The molecular weight excluding hydrogens is 263 g/mol. The molecule has 0 heterocycles. The zero-order valence-electron chi connectivity index (χ0n) is 8.43. The van der Waals surface area contributed by atoms with Gasteiger partial charge in [0.2, 0.25) is 0 Å². The molecule has 0 unspecified atom stereocenters. The SMILES string of the molecule is COCCCC(=O)c1ccc(Br)cc1F. The van der Waals surface area contributed by atoms with Gasteiger partial charge >= 0.3 is 0 Å². The second-order valence-corrected chi connectivity index (χ2v) is 4.06. The fraction of sp³-hybridized carbons (Fsp3) is 0.364. The summed E-state index contributed by atoms with van der Waals surface area (Å²) in [5.74, 6) is -0.663. The van der Waals surface area contributed by atoms with Gasteiger partial charge in [-0.2, -0.15) is 0 Å². The fourth-order valence-corrected chi connectivity index (χ4v) is 1.56. The van der Waals surface area contributed by atoms with Gasteiger partial charge in [0.1, 0.15) is 5.82 Å². The Morgan fingerprint density at radius 3 is 2.87 bits per heavy atom. The third kappa shape index (κ3) is 3.72. The average Bonchev–Trinajstić information content (AvgIpc) is 2.17. The molecule has 0 atom stereocenters. The monoisotopic (exact) mass is 274 g/mol. The zero-order chi connectivity index (χ0) is 11.3. The second-order valence-electron chi connectivity index (χ2n) is 3.14. The summed E-state index contributed by atoms with van der Waals surface area (Å²) in [7, 11) is 1.57. The van der Waals surface area contributed by atoms with Crippen molar-refractivity contribution in [2.24, 2.45) is 0 Å². The maximum atomic E-state index is 13.3. The minimum atomic E-state index is -0.480. The van der Waals surface area contributed by atoms with E-state index in [2.05, 4.69) is 15.9 Å². The molecule has 0 amide bonds. The highest BCUT2D eigenvalue weighted by atomic mass is 79.9. The molecule has 82 valence electrons. The van der Waals surface area contributed by atoms with Gasteiger partial charge in [0, 0.05) is 24.6 Å². The van der Waals surface area contributed by atoms with E-state index in [9.17, 15) is 9.18 Å². The third-order valence-electron chi connectivity index (χ3n) is 1.98. The molecule has 0 fully saturated rings. The molecule has 1 rings (SSSR count). The van der Waals surface area contributed by atoms with Crippen LogP contribution >= 0.6 is 15.9 Å². The molecule has 0 spiro atoms. The maximum Gasteiger partial charge on any atom is 0.165 e. The Labute approximate surface area is 96.6 Å². The van der Waals surface area contributed by atoms with Crippen LogP contribution in [0.25, 0.3) is 0 Å².